The smallest absolute Gasteiger partial charge is 0.312 e. The second-order valence-corrected chi connectivity index (χ2v) is 9.14. The second kappa shape index (κ2) is 10.0. The van der Waals surface area contributed by atoms with Crippen LogP contribution in [0.4, 0.5) is 5.69 Å². The molecule has 1 N–H and O–H groups in total. The summed E-state index contributed by atoms with van der Waals surface area (Å²) < 4.78 is 31.8. The van der Waals surface area contributed by atoms with Crippen molar-refractivity contribution in [2.24, 2.45) is 5.92 Å². The van der Waals surface area contributed by atoms with E-state index in [9.17, 15) is 23.3 Å². The summed E-state index contributed by atoms with van der Waals surface area (Å²) in [6, 6.07) is 3.54. The summed E-state index contributed by atoms with van der Waals surface area (Å²) in [5.74, 6) is -0.107. The molecular formula is C19H29N3O6S. The van der Waals surface area contributed by atoms with Gasteiger partial charge in [0.1, 0.15) is 0 Å². The molecule has 0 saturated heterocycles. The van der Waals surface area contributed by atoms with Crippen LogP contribution in [0.15, 0.2) is 23.1 Å². The third kappa shape index (κ3) is 5.66. The predicted molar refractivity (Wildman–Crippen MR) is 108 cm³/mol. The van der Waals surface area contributed by atoms with Gasteiger partial charge in [0.05, 0.1) is 9.82 Å². The van der Waals surface area contributed by atoms with Crippen molar-refractivity contribution in [2.75, 3.05) is 19.7 Å². The van der Waals surface area contributed by atoms with Crippen LogP contribution in [0.2, 0.25) is 0 Å². The highest BCUT2D eigenvalue weighted by atomic mass is 32.2. The molecule has 0 aromatic heterocycles. The number of sulfonamides is 1. The lowest BCUT2D eigenvalue weighted by molar-refractivity contribution is -0.386. The number of rotatable bonds is 9. The van der Waals surface area contributed by atoms with Crippen LogP contribution >= 0.6 is 0 Å². The Hall–Kier alpha value is -2.20. The molecule has 1 fully saturated rings. The average molecular weight is 428 g/mol. The molecule has 10 heteroatoms. The highest BCUT2D eigenvalue weighted by Crippen LogP contribution is 2.31. The van der Waals surface area contributed by atoms with Gasteiger partial charge in [0.15, 0.2) is 12.4 Å². The third-order valence-electron chi connectivity index (χ3n) is 5.29. The lowest BCUT2D eigenvalue weighted by Crippen LogP contribution is -2.43. The number of carbonyl (C=O) groups is 1. The molecule has 1 aliphatic carbocycles. The summed E-state index contributed by atoms with van der Waals surface area (Å²) in [6.45, 7) is 5.61. The van der Waals surface area contributed by atoms with Gasteiger partial charge in [0.25, 0.3) is 5.91 Å². The van der Waals surface area contributed by atoms with Crippen molar-refractivity contribution in [2.45, 2.75) is 57.4 Å². The summed E-state index contributed by atoms with van der Waals surface area (Å²) in [5.41, 5.74) is -0.489. The molecule has 0 heterocycles. The number of nitrogens with zero attached hydrogens (tertiary/aromatic N) is 2. The van der Waals surface area contributed by atoms with E-state index in [0.717, 1.165) is 31.7 Å². The summed E-state index contributed by atoms with van der Waals surface area (Å²) in [4.78, 5) is 22.7. The quantitative estimate of drug-likeness (QED) is 0.478. The number of amides is 1. The monoisotopic (exact) mass is 427 g/mol. The zero-order valence-electron chi connectivity index (χ0n) is 17.1. The Morgan fingerprint density at radius 1 is 1.28 bits per heavy atom. The number of hydrogen-bond acceptors (Lipinski definition) is 6. The fraction of sp³-hybridized carbons (Fsp3) is 0.632. The first-order chi connectivity index (χ1) is 13.7. The van der Waals surface area contributed by atoms with Crippen molar-refractivity contribution >= 4 is 21.6 Å². The molecule has 29 heavy (non-hydrogen) atoms. The molecule has 1 aromatic carbocycles. The third-order valence-corrected chi connectivity index (χ3v) is 7.33. The van der Waals surface area contributed by atoms with Gasteiger partial charge >= 0.3 is 5.69 Å². The van der Waals surface area contributed by atoms with E-state index in [1.807, 2.05) is 0 Å². The van der Waals surface area contributed by atoms with Crippen molar-refractivity contribution < 1.29 is 22.9 Å². The summed E-state index contributed by atoms with van der Waals surface area (Å²) in [7, 11) is -3.84. The molecule has 0 spiro atoms. The first-order valence-corrected chi connectivity index (χ1v) is 11.3. The average Bonchev–Trinajstić information content (AvgIpc) is 2.68. The molecular weight excluding hydrogens is 398 g/mol. The maximum atomic E-state index is 12.6. The Balaban J connectivity index is 2.13. The number of nitro benzene ring substituents is 1. The first kappa shape index (κ1) is 23.1. The maximum absolute atomic E-state index is 12.6. The fourth-order valence-corrected chi connectivity index (χ4v) is 5.04. The van der Waals surface area contributed by atoms with E-state index >= 15 is 0 Å². The Morgan fingerprint density at radius 2 is 1.93 bits per heavy atom. The zero-order chi connectivity index (χ0) is 21.6. The molecule has 0 aliphatic heterocycles. The summed E-state index contributed by atoms with van der Waals surface area (Å²) in [6.07, 6.45) is 4.17. The van der Waals surface area contributed by atoms with Crippen LogP contribution in [0.1, 0.15) is 46.5 Å². The lowest BCUT2D eigenvalue weighted by atomic mass is 9.86. The van der Waals surface area contributed by atoms with Crippen molar-refractivity contribution in [3.8, 4) is 5.75 Å². The van der Waals surface area contributed by atoms with E-state index in [2.05, 4.69) is 12.2 Å². The SMILES string of the molecule is CCN(CC)S(=O)(=O)c1ccc(OCC(=O)N[C@H]2CCCC[C@H]2C)c([N+](=O)[O-])c1. The largest absolute Gasteiger partial charge is 0.477 e. The lowest BCUT2D eigenvalue weighted by Gasteiger charge is -2.29. The van der Waals surface area contributed by atoms with Gasteiger partial charge in [0.2, 0.25) is 10.0 Å². The van der Waals surface area contributed by atoms with Gasteiger partial charge in [-0.05, 0) is 30.9 Å². The van der Waals surface area contributed by atoms with Crippen molar-refractivity contribution in [3.05, 3.63) is 28.3 Å². The number of nitrogens with one attached hydrogen (secondary N) is 1. The Bertz CT molecular complexity index is 838. The molecule has 2 rings (SSSR count). The summed E-state index contributed by atoms with van der Waals surface area (Å²) in [5, 5.41) is 14.3. The Kier molecular flexibility index (Phi) is 7.97. The first-order valence-electron chi connectivity index (χ1n) is 9.91. The Labute approximate surface area is 171 Å². The van der Waals surface area contributed by atoms with Crippen LogP contribution in [-0.2, 0) is 14.8 Å². The number of nitro groups is 1. The molecule has 0 unspecified atom stereocenters. The van der Waals surface area contributed by atoms with Crippen LogP contribution in [0.3, 0.4) is 0 Å². The van der Waals surface area contributed by atoms with Crippen LogP contribution < -0.4 is 10.1 Å². The highest BCUT2D eigenvalue weighted by Gasteiger charge is 2.27. The highest BCUT2D eigenvalue weighted by molar-refractivity contribution is 7.89. The molecule has 0 bridgehead atoms. The Morgan fingerprint density at radius 3 is 2.52 bits per heavy atom. The van der Waals surface area contributed by atoms with Crippen molar-refractivity contribution in [1.29, 1.82) is 0 Å². The van der Waals surface area contributed by atoms with Crippen LogP contribution in [0.5, 0.6) is 5.75 Å². The normalized spacial score (nSPS) is 19.7. The minimum absolute atomic E-state index is 0.0800. The van der Waals surface area contributed by atoms with Crippen LogP contribution in [-0.4, -0.2) is 49.3 Å². The number of hydrogen-bond donors (Lipinski definition) is 1. The molecule has 1 aromatic rings. The topological polar surface area (TPSA) is 119 Å². The molecule has 0 radical (unpaired) electrons. The standard InChI is InChI=1S/C19H29N3O6S/c1-4-21(5-2)29(26,27)15-10-11-18(17(12-15)22(24)25)28-13-19(23)20-16-9-7-6-8-14(16)3/h10-12,14,16H,4-9,13H2,1-3H3,(H,20,23)/t14-,16+/m1/s1. The van der Waals surface area contributed by atoms with Gasteiger partial charge < -0.3 is 10.1 Å². The zero-order valence-corrected chi connectivity index (χ0v) is 17.9. The molecule has 162 valence electrons. The van der Waals surface area contributed by atoms with Crippen molar-refractivity contribution in [1.82, 2.24) is 9.62 Å². The van der Waals surface area contributed by atoms with E-state index < -0.39 is 20.6 Å². The van der Waals surface area contributed by atoms with Gasteiger partial charge in [-0.1, -0.05) is 33.6 Å². The van der Waals surface area contributed by atoms with E-state index in [0.29, 0.717) is 5.92 Å². The second-order valence-electron chi connectivity index (χ2n) is 7.20. The van der Waals surface area contributed by atoms with Gasteiger partial charge in [-0.25, -0.2) is 8.42 Å². The molecule has 1 amide bonds. The van der Waals surface area contributed by atoms with Crippen LogP contribution in [0.25, 0.3) is 0 Å². The molecule has 1 saturated carbocycles. The number of benzene rings is 1. The van der Waals surface area contributed by atoms with Gasteiger partial charge in [-0.2, -0.15) is 4.31 Å². The van der Waals surface area contributed by atoms with E-state index in [4.69, 9.17) is 4.74 Å². The van der Waals surface area contributed by atoms with Gasteiger partial charge in [0, 0.05) is 25.2 Å². The van der Waals surface area contributed by atoms with Crippen LogP contribution in [0, 0.1) is 16.0 Å². The maximum Gasteiger partial charge on any atom is 0.312 e. The number of carbonyl (C=O) groups excluding carboxylic acids is 1. The summed E-state index contributed by atoms with van der Waals surface area (Å²) >= 11 is 0. The molecule has 2 atom stereocenters. The van der Waals surface area contributed by atoms with E-state index in [-0.39, 0.29) is 42.3 Å². The minimum atomic E-state index is -3.84. The predicted octanol–water partition coefficient (Wildman–Crippen LogP) is 2.70. The van der Waals surface area contributed by atoms with E-state index in [1.165, 1.54) is 16.4 Å². The number of ether oxygens (including phenoxy) is 1. The minimum Gasteiger partial charge on any atom is -0.477 e. The van der Waals surface area contributed by atoms with Gasteiger partial charge in [-0.15, -0.1) is 0 Å². The van der Waals surface area contributed by atoms with Crippen molar-refractivity contribution in [3.63, 3.8) is 0 Å². The molecule has 9 nitrogen and oxygen atoms in total. The van der Waals surface area contributed by atoms with Gasteiger partial charge in [-0.3, -0.25) is 14.9 Å². The molecule has 1 aliphatic rings. The van der Waals surface area contributed by atoms with E-state index in [1.54, 1.807) is 13.8 Å². The fourth-order valence-electron chi connectivity index (χ4n) is 3.56.